The standard InChI is InChI=1S/C27H32O3S/c1-5-25-23(22-10-7-6-9-18(22)2)17-26(31-25)24(29)12-11-21-15-19(3)27(20(4)16-21)30-14-8-13-28/h6-7,9-10,15-17,28H,5,8,11-14H2,1-4H3. The first kappa shape index (κ1) is 23.2. The monoisotopic (exact) mass is 436 g/mol. The van der Waals surface area contributed by atoms with E-state index >= 15 is 0 Å². The van der Waals surface area contributed by atoms with Gasteiger partial charge >= 0.3 is 0 Å². The minimum absolute atomic E-state index is 0.131. The topological polar surface area (TPSA) is 46.5 Å². The normalized spacial score (nSPS) is 11.0. The Hall–Kier alpha value is -2.43. The highest BCUT2D eigenvalue weighted by molar-refractivity contribution is 7.14. The Morgan fingerprint density at radius 2 is 1.71 bits per heavy atom. The first-order chi connectivity index (χ1) is 14.9. The summed E-state index contributed by atoms with van der Waals surface area (Å²) < 4.78 is 5.81. The van der Waals surface area contributed by atoms with Crippen molar-refractivity contribution in [2.45, 2.75) is 53.4 Å². The van der Waals surface area contributed by atoms with Gasteiger partial charge in [-0.2, -0.15) is 0 Å². The van der Waals surface area contributed by atoms with Gasteiger partial charge in [-0.1, -0.05) is 43.3 Å². The molecule has 0 aliphatic rings. The Morgan fingerprint density at radius 3 is 2.35 bits per heavy atom. The number of hydrogen-bond donors (Lipinski definition) is 1. The van der Waals surface area contributed by atoms with Crippen molar-refractivity contribution in [1.82, 2.24) is 0 Å². The number of aryl methyl sites for hydroxylation is 5. The third-order valence-corrected chi connectivity index (χ3v) is 6.87. The van der Waals surface area contributed by atoms with E-state index in [4.69, 9.17) is 9.84 Å². The van der Waals surface area contributed by atoms with E-state index < -0.39 is 0 Å². The average molecular weight is 437 g/mol. The predicted molar refractivity (Wildman–Crippen MR) is 130 cm³/mol. The number of thiophene rings is 1. The maximum Gasteiger partial charge on any atom is 0.173 e. The van der Waals surface area contributed by atoms with Gasteiger partial charge in [0.05, 0.1) is 11.5 Å². The summed E-state index contributed by atoms with van der Waals surface area (Å²) in [7, 11) is 0. The van der Waals surface area contributed by atoms with Crippen molar-refractivity contribution >= 4 is 17.1 Å². The minimum atomic E-state index is 0.131. The van der Waals surface area contributed by atoms with E-state index in [1.807, 2.05) is 13.8 Å². The van der Waals surface area contributed by atoms with E-state index in [0.29, 0.717) is 19.4 Å². The van der Waals surface area contributed by atoms with Gasteiger partial charge in [0.25, 0.3) is 0 Å². The number of Topliss-reactive ketones (excluding diaryl/α,β-unsaturated/α-hetero) is 1. The molecule has 0 atom stereocenters. The second-order valence-electron chi connectivity index (χ2n) is 8.02. The van der Waals surface area contributed by atoms with E-state index in [1.165, 1.54) is 21.6 Å². The minimum Gasteiger partial charge on any atom is -0.493 e. The average Bonchev–Trinajstić information content (AvgIpc) is 3.18. The van der Waals surface area contributed by atoms with Gasteiger partial charge in [-0.15, -0.1) is 11.3 Å². The van der Waals surface area contributed by atoms with Crippen LogP contribution in [0.1, 0.15) is 56.6 Å². The zero-order chi connectivity index (χ0) is 22.4. The van der Waals surface area contributed by atoms with Crippen molar-refractivity contribution in [2.24, 2.45) is 0 Å². The van der Waals surface area contributed by atoms with Crippen LogP contribution in [0.15, 0.2) is 42.5 Å². The molecule has 1 aromatic heterocycles. The van der Waals surface area contributed by atoms with Crippen molar-refractivity contribution in [1.29, 1.82) is 0 Å². The van der Waals surface area contributed by atoms with Gasteiger partial charge < -0.3 is 9.84 Å². The first-order valence-corrected chi connectivity index (χ1v) is 11.8. The van der Waals surface area contributed by atoms with Gasteiger partial charge in [0.1, 0.15) is 5.75 Å². The smallest absolute Gasteiger partial charge is 0.173 e. The molecule has 0 saturated carbocycles. The van der Waals surface area contributed by atoms with E-state index in [2.05, 4.69) is 56.3 Å². The van der Waals surface area contributed by atoms with Crippen LogP contribution in [-0.4, -0.2) is 24.1 Å². The largest absolute Gasteiger partial charge is 0.493 e. The van der Waals surface area contributed by atoms with Crippen LogP contribution in [-0.2, 0) is 12.8 Å². The Morgan fingerprint density at radius 1 is 1.00 bits per heavy atom. The van der Waals surface area contributed by atoms with Crippen molar-refractivity contribution < 1.29 is 14.6 Å². The zero-order valence-corrected chi connectivity index (χ0v) is 19.8. The molecule has 0 saturated heterocycles. The molecule has 1 heterocycles. The third-order valence-electron chi connectivity index (χ3n) is 5.55. The van der Waals surface area contributed by atoms with Crippen LogP contribution >= 0.6 is 11.3 Å². The van der Waals surface area contributed by atoms with Crippen LogP contribution in [0.2, 0.25) is 0 Å². The second-order valence-corrected chi connectivity index (χ2v) is 9.16. The molecule has 4 heteroatoms. The van der Waals surface area contributed by atoms with Gasteiger partial charge in [0.2, 0.25) is 0 Å². The number of hydrogen-bond acceptors (Lipinski definition) is 4. The molecule has 0 unspecified atom stereocenters. The molecule has 1 N–H and O–H groups in total. The number of carbonyl (C=O) groups is 1. The second kappa shape index (κ2) is 10.7. The Balaban J connectivity index is 1.72. The van der Waals surface area contributed by atoms with E-state index in [9.17, 15) is 4.79 Å². The molecule has 0 aliphatic heterocycles. The van der Waals surface area contributed by atoms with Crippen molar-refractivity contribution in [3.05, 3.63) is 74.5 Å². The first-order valence-electron chi connectivity index (χ1n) is 11.0. The Kier molecular flexibility index (Phi) is 8.05. The molecule has 164 valence electrons. The fourth-order valence-electron chi connectivity index (χ4n) is 3.96. The fourth-order valence-corrected chi connectivity index (χ4v) is 5.04. The number of rotatable bonds is 10. The van der Waals surface area contributed by atoms with Crippen LogP contribution in [0.25, 0.3) is 11.1 Å². The zero-order valence-electron chi connectivity index (χ0n) is 19.0. The van der Waals surface area contributed by atoms with Crippen LogP contribution in [0.4, 0.5) is 0 Å². The summed E-state index contributed by atoms with van der Waals surface area (Å²) in [6.07, 6.45) is 2.77. The van der Waals surface area contributed by atoms with Crippen LogP contribution in [0, 0.1) is 20.8 Å². The Labute approximate surface area is 189 Å². The number of benzene rings is 2. The molecule has 3 aromatic rings. The molecule has 2 aromatic carbocycles. The van der Waals surface area contributed by atoms with Crippen LogP contribution in [0.5, 0.6) is 5.75 Å². The van der Waals surface area contributed by atoms with Crippen LogP contribution in [0.3, 0.4) is 0 Å². The summed E-state index contributed by atoms with van der Waals surface area (Å²) in [5.41, 5.74) is 6.96. The molecule has 0 fully saturated rings. The highest BCUT2D eigenvalue weighted by Gasteiger charge is 2.16. The summed E-state index contributed by atoms with van der Waals surface area (Å²) >= 11 is 1.64. The lowest BCUT2D eigenvalue weighted by Crippen LogP contribution is -2.04. The molecule has 0 radical (unpaired) electrons. The highest BCUT2D eigenvalue weighted by atomic mass is 32.1. The van der Waals surface area contributed by atoms with Crippen LogP contribution < -0.4 is 4.74 Å². The molecule has 0 amide bonds. The van der Waals surface area contributed by atoms with Gasteiger partial charge in [-0.25, -0.2) is 0 Å². The van der Waals surface area contributed by atoms with Gasteiger partial charge in [0.15, 0.2) is 5.78 Å². The summed E-state index contributed by atoms with van der Waals surface area (Å²) in [6, 6.07) is 14.7. The predicted octanol–water partition coefficient (Wildman–Crippen LogP) is 6.48. The third kappa shape index (κ3) is 5.63. The lowest BCUT2D eigenvalue weighted by atomic mass is 9.98. The van der Waals surface area contributed by atoms with Crippen molar-refractivity contribution in [3.63, 3.8) is 0 Å². The molecule has 0 bridgehead atoms. The van der Waals surface area contributed by atoms with E-state index in [0.717, 1.165) is 40.2 Å². The number of aliphatic hydroxyl groups is 1. The van der Waals surface area contributed by atoms with Gasteiger partial charge in [-0.05, 0) is 73.1 Å². The van der Waals surface area contributed by atoms with Gasteiger partial charge in [0, 0.05) is 24.3 Å². The fraction of sp³-hybridized carbons (Fsp3) is 0.370. The lowest BCUT2D eigenvalue weighted by molar-refractivity contribution is 0.0986. The number of carbonyl (C=O) groups excluding carboxylic acids is 1. The lowest BCUT2D eigenvalue weighted by Gasteiger charge is -2.13. The maximum atomic E-state index is 13.0. The number of ketones is 1. The molecule has 0 spiro atoms. The molecular weight excluding hydrogens is 404 g/mol. The quantitative estimate of drug-likeness (QED) is 0.292. The summed E-state index contributed by atoms with van der Waals surface area (Å²) in [4.78, 5) is 15.1. The summed E-state index contributed by atoms with van der Waals surface area (Å²) in [5.74, 6) is 1.09. The molecule has 3 rings (SSSR count). The van der Waals surface area contributed by atoms with Crippen molar-refractivity contribution in [3.8, 4) is 16.9 Å². The molecular formula is C27H32O3S. The Bertz CT molecular complexity index is 1030. The summed E-state index contributed by atoms with van der Waals surface area (Å²) in [5, 5.41) is 8.94. The SMILES string of the molecule is CCc1sc(C(=O)CCc2cc(C)c(OCCCO)c(C)c2)cc1-c1ccccc1C. The molecule has 3 nitrogen and oxygen atoms in total. The van der Waals surface area contributed by atoms with E-state index in [1.54, 1.807) is 11.3 Å². The van der Waals surface area contributed by atoms with Crippen molar-refractivity contribution in [2.75, 3.05) is 13.2 Å². The summed E-state index contributed by atoms with van der Waals surface area (Å²) in [6.45, 7) is 8.98. The number of aliphatic hydroxyl groups excluding tert-OH is 1. The highest BCUT2D eigenvalue weighted by Crippen LogP contribution is 2.35. The maximum absolute atomic E-state index is 13.0. The van der Waals surface area contributed by atoms with E-state index in [-0.39, 0.29) is 12.4 Å². The molecule has 0 aliphatic carbocycles. The van der Waals surface area contributed by atoms with Gasteiger partial charge in [-0.3, -0.25) is 4.79 Å². The molecule has 31 heavy (non-hydrogen) atoms. The number of ether oxygens (including phenoxy) is 1.